The number of hydrogen-bond donors (Lipinski definition) is 0. The van der Waals surface area contributed by atoms with E-state index in [1.807, 2.05) is 22.7 Å². The van der Waals surface area contributed by atoms with Crippen LogP contribution >= 0.6 is 22.7 Å². The lowest BCUT2D eigenvalue weighted by Crippen LogP contribution is -2.55. The lowest BCUT2D eigenvalue weighted by Gasteiger charge is -2.33. The monoisotopic (exact) mass is 1210 g/mol. The fraction of sp³-hybridized carbons (Fsp3) is 0.0118. The van der Waals surface area contributed by atoms with Gasteiger partial charge in [0, 0.05) is 84.4 Å². The lowest BCUT2D eigenvalue weighted by molar-refractivity contribution is 0.488. The van der Waals surface area contributed by atoms with Crippen LogP contribution in [0.2, 0.25) is 0 Å². The van der Waals surface area contributed by atoms with Crippen molar-refractivity contribution in [1.82, 2.24) is 9.13 Å². The number of thiophene rings is 2. The zero-order chi connectivity index (χ0) is 60.4. The van der Waals surface area contributed by atoms with Crippen LogP contribution in [0.4, 0.5) is 0 Å². The van der Waals surface area contributed by atoms with Crippen LogP contribution in [0.3, 0.4) is 0 Å². The van der Waals surface area contributed by atoms with E-state index in [-0.39, 0.29) is 13.4 Å². The zero-order valence-corrected chi connectivity index (χ0v) is 51.5. The summed E-state index contributed by atoms with van der Waals surface area (Å²) in [6.45, 7) is -0.137. The second kappa shape index (κ2) is 18.5. The first-order chi connectivity index (χ1) is 46.1. The Hall–Kier alpha value is -11.2. The first kappa shape index (κ1) is 50.6. The summed E-state index contributed by atoms with van der Waals surface area (Å²) in [5, 5.41) is 10.1. The number of hydrogen-bond acceptors (Lipinski definition) is 4. The summed E-state index contributed by atoms with van der Waals surface area (Å²) in [4.78, 5) is 0. The van der Waals surface area contributed by atoms with Crippen LogP contribution in [0.1, 0.15) is 22.3 Å². The Balaban J connectivity index is 0.861. The molecule has 1 atom stereocenters. The lowest BCUT2D eigenvalue weighted by atomic mass is 9.35. The second-order valence-corrected chi connectivity index (χ2v) is 27.8. The SMILES string of the molecule is c1ccc(B2c3ccccc3Oc3c2ccc2c3-c3cc(-n4c5ccccc5c5cc6c(cc54)sc4ccccc46)ccc3C23c2ccc(-n4c5ccccc5c5cc6sc7ccccc7c6cc54)cc2-c2c3ccc3c2Oc2ccccc2B3c2ccccc2)cc1. The molecule has 0 saturated heterocycles. The summed E-state index contributed by atoms with van der Waals surface area (Å²) in [6, 6.07) is 109. The van der Waals surface area contributed by atoms with Gasteiger partial charge in [-0.2, -0.15) is 0 Å². The maximum atomic E-state index is 7.62. The molecule has 0 amide bonds. The van der Waals surface area contributed by atoms with E-state index < -0.39 is 5.41 Å². The van der Waals surface area contributed by atoms with Crippen LogP contribution < -0.4 is 42.3 Å². The molecule has 2 aliphatic heterocycles. The summed E-state index contributed by atoms with van der Waals surface area (Å²) in [5.41, 5.74) is 22.5. The van der Waals surface area contributed by atoms with Crippen LogP contribution in [0.15, 0.2) is 291 Å². The van der Waals surface area contributed by atoms with Crippen molar-refractivity contribution in [3.8, 4) is 56.6 Å². The molecule has 0 N–H and O–H groups in total. The molecule has 8 heteroatoms. The fourth-order valence-electron chi connectivity index (χ4n) is 17.4. The summed E-state index contributed by atoms with van der Waals surface area (Å²) in [7, 11) is 0. The predicted octanol–water partition coefficient (Wildman–Crippen LogP) is 18.2. The van der Waals surface area contributed by atoms with E-state index in [0.29, 0.717) is 0 Å². The molecule has 14 aromatic carbocycles. The summed E-state index contributed by atoms with van der Waals surface area (Å²) < 4.78 is 25.5. The highest BCUT2D eigenvalue weighted by Gasteiger charge is 2.56. The van der Waals surface area contributed by atoms with Crippen LogP contribution in [-0.2, 0) is 5.41 Å². The molecule has 0 bridgehead atoms. The van der Waals surface area contributed by atoms with Gasteiger partial charge in [-0.25, -0.2) is 0 Å². The van der Waals surface area contributed by atoms with Crippen LogP contribution in [0, 0.1) is 0 Å². The summed E-state index contributed by atoms with van der Waals surface area (Å²) >= 11 is 3.75. The Morgan fingerprint density at radius 1 is 0.280 bits per heavy atom. The zero-order valence-electron chi connectivity index (χ0n) is 49.9. The van der Waals surface area contributed by atoms with Crippen molar-refractivity contribution in [3.63, 3.8) is 0 Å². The third-order valence-electron chi connectivity index (χ3n) is 21.2. The molecule has 1 spiro atoms. The van der Waals surface area contributed by atoms with Crippen molar-refractivity contribution in [2.45, 2.75) is 5.41 Å². The Kier molecular flexibility index (Phi) is 10.1. The first-order valence-corrected chi connectivity index (χ1v) is 33.7. The molecular formula is C85H48B2N2O2S2. The molecule has 1 unspecified atom stereocenters. The topological polar surface area (TPSA) is 28.3 Å². The van der Waals surface area contributed by atoms with E-state index in [2.05, 4.69) is 300 Å². The van der Waals surface area contributed by atoms with Gasteiger partial charge < -0.3 is 18.6 Å². The van der Waals surface area contributed by atoms with Gasteiger partial charge in [0.05, 0.1) is 27.5 Å². The maximum Gasteiger partial charge on any atom is 0.250 e. The molecular weight excluding hydrogens is 1170 g/mol. The van der Waals surface area contributed by atoms with Crippen molar-refractivity contribution in [2.75, 3.05) is 0 Å². The quantitative estimate of drug-likeness (QED) is 0.164. The van der Waals surface area contributed by atoms with Crippen molar-refractivity contribution in [3.05, 3.63) is 313 Å². The summed E-state index contributed by atoms with van der Waals surface area (Å²) in [6.07, 6.45) is 0. The van der Waals surface area contributed by atoms with Crippen molar-refractivity contribution < 1.29 is 9.47 Å². The number of rotatable bonds is 4. The van der Waals surface area contributed by atoms with Gasteiger partial charge in [-0.3, -0.25) is 0 Å². The Morgan fingerprint density at radius 2 is 0.699 bits per heavy atom. The number of nitrogens with zero attached hydrogens (tertiary/aromatic N) is 2. The van der Waals surface area contributed by atoms with Gasteiger partial charge in [0.1, 0.15) is 23.0 Å². The van der Waals surface area contributed by atoms with E-state index in [9.17, 15) is 0 Å². The number of aromatic nitrogens is 2. The number of ether oxygens (including phenoxy) is 2. The molecule has 2 aliphatic carbocycles. The van der Waals surface area contributed by atoms with Crippen LogP contribution in [0.25, 0.3) is 118 Å². The summed E-state index contributed by atoms with van der Waals surface area (Å²) in [5.74, 6) is 3.57. The molecule has 6 heterocycles. The van der Waals surface area contributed by atoms with Crippen LogP contribution in [0.5, 0.6) is 23.0 Å². The van der Waals surface area contributed by atoms with Gasteiger partial charge in [0.2, 0.25) is 0 Å². The molecule has 0 fully saturated rings. The minimum Gasteiger partial charge on any atom is -0.458 e. The smallest absolute Gasteiger partial charge is 0.250 e. The van der Waals surface area contributed by atoms with Gasteiger partial charge in [0.25, 0.3) is 13.4 Å². The van der Waals surface area contributed by atoms with E-state index in [4.69, 9.17) is 9.47 Å². The normalized spacial score (nSPS) is 14.8. The first-order valence-electron chi connectivity index (χ1n) is 32.1. The third-order valence-corrected chi connectivity index (χ3v) is 23.4. The molecule has 93 heavy (non-hydrogen) atoms. The minimum atomic E-state index is -0.825. The third kappa shape index (κ3) is 6.65. The maximum absolute atomic E-state index is 7.62. The van der Waals surface area contributed by atoms with Gasteiger partial charge in [-0.15, -0.1) is 22.7 Å². The highest BCUT2D eigenvalue weighted by atomic mass is 32.1. The van der Waals surface area contributed by atoms with E-state index >= 15 is 0 Å². The van der Waals surface area contributed by atoms with Crippen molar-refractivity contribution >= 4 is 153 Å². The Bertz CT molecular complexity index is 6360. The highest BCUT2D eigenvalue weighted by Crippen LogP contribution is 2.66. The molecule has 4 aromatic heterocycles. The molecule has 4 aliphatic rings. The predicted molar refractivity (Wildman–Crippen MR) is 392 cm³/mol. The van der Waals surface area contributed by atoms with Gasteiger partial charge in [-0.1, -0.05) is 217 Å². The van der Waals surface area contributed by atoms with E-state index in [1.54, 1.807) is 0 Å². The molecule has 428 valence electrons. The van der Waals surface area contributed by atoms with Crippen LogP contribution in [-0.4, -0.2) is 22.6 Å². The molecule has 0 radical (unpaired) electrons. The Morgan fingerprint density at radius 3 is 1.24 bits per heavy atom. The second-order valence-electron chi connectivity index (χ2n) is 25.6. The average molecular weight is 1220 g/mol. The largest absolute Gasteiger partial charge is 0.458 e. The average Bonchev–Trinajstić information content (AvgIpc) is 1.50. The van der Waals surface area contributed by atoms with E-state index in [1.165, 1.54) is 117 Å². The molecule has 0 saturated carbocycles. The number of para-hydroxylation sites is 4. The van der Waals surface area contributed by atoms with Crippen molar-refractivity contribution in [1.29, 1.82) is 0 Å². The molecule has 4 nitrogen and oxygen atoms in total. The number of benzene rings is 14. The fourth-order valence-corrected chi connectivity index (χ4v) is 19.7. The Labute approximate surface area is 543 Å². The van der Waals surface area contributed by atoms with E-state index in [0.717, 1.165) is 78.5 Å². The minimum absolute atomic E-state index is 0.0682. The van der Waals surface area contributed by atoms with Gasteiger partial charge in [0.15, 0.2) is 0 Å². The molecule has 18 aromatic rings. The van der Waals surface area contributed by atoms with Gasteiger partial charge >= 0.3 is 0 Å². The van der Waals surface area contributed by atoms with Crippen molar-refractivity contribution in [2.24, 2.45) is 0 Å². The molecule has 22 rings (SSSR count). The number of fused-ring (bicyclic) bond motifs is 28. The highest BCUT2D eigenvalue weighted by molar-refractivity contribution is 7.26. The standard InChI is InChI=1S/C85H48B2N2O2S2/c1-3-19-49(20-4-1)86-67-27-11-15-31-75(67)90-83-69(86)41-39-65-81(83)61-43-51(88-72-30-14-8-24-54(72)58-47-79-60(46-73(58)88)56-26-10-18-34-78(56)92-79)35-37-63(61)85(65)64-38-36-52(89-71-29-13-7-23-53(71)57-45-59-55-25-9-17-33-77(55)93-80(59)48-74(57)89)44-62(64)82-66(85)40-42-70-84(82)91-76-32-16-12-28-68(76)87(70)50-21-5-2-6-22-50/h1-48H. The van der Waals surface area contributed by atoms with Gasteiger partial charge in [-0.05, 0) is 140 Å².